The van der Waals surface area contributed by atoms with Gasteiger partial charge < -0.3 is 19.5 Å². The molecule has 6 nitrogen and oxygen atoms in total. The summed E-state index contributed by atoms with van der Waals surface area (Å²) in [7, 11) is 0. The largest absolute Gasteiger partial charge is 0.490 e. The summed E-state index contributed by atoms with van der Waals surface area (Å²) in [6.45, 7) is 7.13. The molecule has 2 rings (SSSR count). The molecular formula is C18H22N2O4. The summed E-state index contributed by atoms with van der Waals surface area (Å²) in [4.78, 5) is 16.6. The van der Waals surface area contributed by atoms with Crippen LogP contribution < -0.4 is 19.5 Å². The molecule has 0 radical (unpaired) electrons. The van der Waals surface area contributed by atoms with Crippen molar-refractivity contribution in [3.05, 3.63) is 42.1 Å². The van der Waals surface area contributed by atoms with Crippen LogP contribution in [0.2, 0.25) is 0 Å². The molecule has 0 unspecified atom stereocenters. The van der Waals surface area contributed by atoms with E-state index in [0.29, 0.717) is 48.5 Å². The number of pyridine rings is 1. The van der Waals surface area contributed by atoms with Gasteiger partial charge in [0.15, 0.2) is 11.5 Å². The highest BCUT2D eigenvalue weighted by Gasteiger charge is 2.14. The number of ether oxygens (including phenoxy) is 3. The highest BCUT2D eigenvalue weighted by Crippen LogP contribution is 2.31. The van der Waals surface area contributed by atoms with E-state index in [1.165, 1.54) is 0 Å². The van der Waals surface area contributed by atoms with Crippen molar-refractivity contribution in [1.82, 2.24) is 4.98 Å². The number of aromatic nitrogens is 1. The SMILES string of the molecule is CCOc1ccc(NC(=O)c2cccnc2OCC)cc1OCC. The van der Waals surface area contributed by atoms with Crippen LogP contribution in [0.15, 0.2) is 36.5 Å². The van der Waals surface area contributed by atoms with Gasteiger partial charge in [0.05, 0.1) is 19.8 Å². The molecular weight excluding hydrogens is 308 g/mol. The molecule has 1 aromatic carbocycles. The Morgan fingerprint density at radius 2 is 1.71 bits per heavy atom. The summed E-state index contributed by atoms with van der Waals surface area (Å²) >= 11 is 0. The van der Waals surface area contributed by atoms with Gasteiger partial charge in [-0.25, -0.2) is 4.98 Å². The molecule has 0 saturated heterocycles. The molecule has 0 bridgehead atoms. The van der Waals surface area contributed by atoms with Crippen molar-refractivity contribution >= 4 is 11.6 Å². The van der Waals surface area contributed by atoms with Crippen molar-refractivity contribution in [2.75, 3.05) is 25.1 Å². The average Bonchev–Trinajstić information content (AvgIpc) is 2.58. The van der Waals surface area contributed by atoms with Gasteiger partial charge in [0.25, 0.3) is 5.91 Å². The Balaban J connectivity index is 2.21. The van der Waals surface area contributed by atoms with E-state index in [-0.39, 0.29) is 5.91 Å². The van der Waals surface area contributed by atoms with Crippen molar-refractivity contribution in [3.63, 3.8) is 0 Å². The van der Waals surface area contributed by atoms with Gasteiger partial charge in [-0.2, -0.15) is 0 Å². The van der Waals surface area contributed by atoms with Crippen LogP contribution in [0.5, 0.6) is 17.4 Å². The van der Waals surface area contributed by atoms with Crippen molar-refractivity contribution in [2.45, 2.75) is 20.8 Å². The number of hydrogen-bond donors (Lipinski definition) is 1. The number of carbonyl (C=O) groups is 1. The zero-order valence-corrected chi connectivity index (χ0v) is 14.2. The summed E-state index contributed by atoms with van der Waals surface area (Å²) in [6, 6.07) is 8.65. The lowest BCUT2D eigenvalue weighted by Crippen LogP contribution is -2.14. The summed E-state index contributed by atoms with van der Waals surface area (Å²) in [5.74, 6) is 1.26. The zero-order chi connectivity index (χ0) is 17.4. The molecule has 1 amide bonds. The number of nitrogens with zero attached hydrogens (tertiary/aromatic N) is 1. The normalized spacial score (nSPS) is 10.1. The van der Waals surface area contributed by atoms with E-state index in [2.05, 4.69) is 10.3 Å². The lowest BCUT2D eigenvalue weighted by atomic mass is 10.2. The van der Waals surface area contributed by atoms with Crippen LogP contribution in [0.1, 0.15) is 31.1 Å². The first-order valence-corrected chi connectivity index (χ1v) is 7.98. The number of amides is 1. The molecule has 0 aliphatic carbocycles. The number of hydrogen-bond acceptors (Lipinski definition) is 5. The summed E-state index contributed by atoms with van der Waals surface area (Å²) in [6.07, 6.45) is 1.59. The lowest BCUT2D eigenvalue weighted by molar-refractivity contribution is 0.102. The summed E-state index contributed by atoms with van der Waals surface area (Å²) in [5.41, 5.74) is 0.990. The Morgan fingerprint density at radius 3 is 2.42 bits per heavy atom. The van der Waals surface area contributed by atoms with Crippen LogP contribution in [-0.4, -0.2) is 30.7 Å². The molecule has 0 aliphatic rings. The Kier molecular flexibility index (Phi) is 6.42. The number of carbonyl (C=O) groups excluding carboxylic acids is 1. The smallest absolute Gasteiger partial charge is 0.261 e. The van der Waals surface area contributed by atoms with Crippen molar-refractivity contribution in [3.8, 4) is 17.4 Å². The monoisotopic (exact) mass is 330 g/mol. The number of benzene rings is 1. The van der Waals surface area contributed by atoms with Crippen LogP contribution >= 0.6 is 0 Å². The van der Waals surface area contributed by atoms with Crippen molar-refractivity contribution in [2.24, 2.45) is 0 Å². The van der Waals surface area contributed by atoms with E-state index in [0.717, 1.165) is 0 Å². The van der Waals surface area contributed by atoms with E-state index in [1.807, 2.05) is 20.8 Å². The topological polar surface area (TPSA) is 69.7 Å². The fourth-order valence-corrected chi connectivity index (χ4v) is 2.14. The minimum Gasteiger partial charge on any atom is -0.490 e. The van der Waals surface area contributed by atoms with Gasteiger partial charge in [-0.15, -0.1) is 0 Å². The molecule has 0 spiro atoms. The van der Waals surface area contributed by atoms with Crippen molar-refractivity contribution < 1.29 is 19.0 Å². The Hall–Kier alpha value is -2.76. The van der Waals surface area contributed by atoms with Gasteiger partial charge in [-0.1, -0.05) is 0 Å². The second-order valence-electron chi connectivity index (χ2n) is 4.77. The summed E-state index contributed by atoms with van der Waals surface area (Å²) in [5, 5.41) is 2.83. The Morgan fingerprint density at radius 1 is 1.00 bits per heavy atom. The quantitative estimate of drug-likeness (QED) is 0.802. The van der Waals surface area contributed by atoms with Crippen LogP contribution in [-0.2, 0) is 0 Å². The molecule has 0 fully saturated rings. The molecule has 0 saturated carbocycles. The molecule has 2 aromatic rings. The summed E-state index contributed by atoms with van der Waals surface area (Å²) < 4.78 is 16.5. The van der Waals surface area contributed by atoms with E-state index in [1.54, 1.807) is 36.5 Å². The van der Waals surface area contributed by atoms with Crippen LogP contribution in [0.25, 0.3) is 0 Å². The van der Waals surface area contributed by atoms with Crippen LogP contribution in [0.3, 0.4) is 0 Å². The molecule has 1 aromatic heterocycles. The van der Waals surface area contributed by atoms with Gasteiger partial charge in [0.2, 0.25) is 5.88 Å². The molecule has 6 heteroatoms. The van der Waals surface area contributed by atoms with E-state index >= 15 is 0 Å². The van der Waals surface area contributed by atoms with E-state index < -0.39 is 0 Å². The van der Waals surface area contributed by atoms with Gasteiger partial charge in [0, 0.05) is 18.0 Å². The average molecular weight is 330 g/mol. The number of nitrogens with one attached hydrogen (secondary N) is 1. The lowest BCUT2D eigenvalue weighted by Gasteiger charge is -2.13. The predicted molar refractivity (Wildman–Crippen MR) is 92.1 cm³/mol. The molecule has 0 atom stereocenters. The first kappa shape index (κ1) is 17.6. The highest BCUT2D eigenvalue weighted by molar-refractivity contribution is 6.05. The maximum absolute atomic E-state index is 12.5. The molecule has 24 heavy (non-hydrogen) atoms. The standard InChI is InChI=1S/C18H22N2O4/c1-4-22-15-10-9-13(12-16(15)23-5-2)20-17(21)14-8-7-11-19-18(14)24-6-3/h7-12H,4-6H2,1-3H3,(H,20,21). The van der Waals surface area contributed by atoms with Gasteiger partial charge in [0.1, 0.15) is 5.56 Å². The third-order valence-electron chi connectivity index (χ3n) is 3.10. The van der Waals surface area contributed by atoms with Crippen LogP contribution in [0.4, 0.5) is 5.69 Å². The van der Waals surface area contributed by atoms with Gasteiger partial charge >= 0.3 is 0 Å². The predicted octanol–water partition coefficient (Wildman–Crippen LogP) is 3.53. The fraction of sp³-hybridized carbons (Fsp3) is 0.333. The second-order valence-corrected chi connectivity index (χ2v) is 4.77. The maximum atomic E-state index is 12.5. The Labute approximate surface area is 141 Å². The minimum atomic E-state index is -0.293. The molecule has 1 N–H and O–H groups in total. The third kappa shape index (κ3) is 4.38. The van der Waals surface area contributed by atoms with Gasteiger partial charge in [-0.05, 0) is 45.0 Å². The number of rotatable bonds is 8. The Bertz CT molecular complexity index is 688. The fourth-order valence-electron chi connectivity index (χ4n) is 2.14. The van der Waals surface area contributed by atoms with Crippen molar-refractivity contribution in [1.29, 1.82) is 0 Å². The number of anilines is 1. The third-order valence-corrected chi connectivity index (χ3v) is 3.10. The van der Waals surface area contributed by atoms with E-state index in [4.69, 9.17) is 14.2 Å². The second kappa shape index (κ2) is 8.76. The molecule has 1 heterocycles. The zero-order valence-electron chi connectivity index (χ0n) is 14.2. The highest BCUT2D eigenvalue weighted by atomic mass is 16.5. The molecule has 0 aliphatic heterocycles. The first-order chi connectivity index (χ1) is 11.7. The maximum Gasteiger partial charge on any atom is 0.261 e. The first-order valence-electron chi connectivity index (χ1n) is 7.98. The van der Waals surface area contributed by atoms with Gasteiger partial charge in [-0.3, -0.25) is 4.79 Å². The molecule has 128 valence electrons. The minimum absolute atomic E-state index is 0.293. The van der Waals surface area contributed by atoms with Crippen LogP contribution in [0, 0.1) is 0 Å². The van der Waals surface area contributed by atoms with E-state index in [9.17, 15) is 4.79 Å².